The number of nitrogens with zero attached hydrogens (tertiary/aromatic N) is 3. The molecule has 134 valence electrons. The summed E-state index contributed by atoms with van der Waals surface area (Å²) in [5.74, 6) is 0. The molecule has 0 bridgehead atoms. The standard InChI is InChI=1S/C19H27N5S/c1-13-12-15(14(2)21-13)18-17(16-8-5-6-9-20-16)22-19(25)24(18)11-7-10-23(3)4/h5-6,8-9,12,17-18,21H,7,10-11H2,1-4H3,(H,22,25). The molecule has 1 aliphatic heterocycles. The van der Waals surface area contributed by atoms with Crippen LogP contribution in [0.25, 0.3) is 0 Å². The lowest BCUT2D eigenvalue weighted by Gasteiger charge is -2.28. The van der Waals surface area contributed by atoms with Gasteiger partial charge in [0.25, 0.3) is 0 Å². The highest BCUT2D eigenvalue weighted by molar-refractivity contribution is 7.80. The molecule has 5 nitrogen and oxygen atoms in total. The summed E-state index contributed by atoms with van der Waals surface area (Å²) in [6.45, 7) is 6.22. The quantitative estimate of drug-likeness (QED) is 0.779. The minimum Gasteiger partial charge on any atom is -0.362 e. The molecule has 2 N–H and O–H groups in total. The fraction of sp³-hybridized carbons (Fsp3) is 0.474. The maximum absolute atomic E-state index is 5.69. The third kappa shape index (κ3) is 3.85. The van der Waals surface area contributed by atoms with E-state index in [2.05, 4.69) is 65.2 Å². The number of aromatic nitrogens is 2. The third-order valence-corrected chi connectivity index (χ3v) is 5.06. The molecule has 0 radical (unpaired) electrons. The summed E-state index contributed by atoms with van der Waals surface area (Å²) in [5.41, 5.74) is 4.71. The smallest absolute Gasteiger partial charge is 0.170 e. The third-order valence-electron chi connectivity index (χ3n) is 4.71. The number of pyridine rings is 1. The van der Waals surface area contributed by atoms with Crippen LogP contribution in [0.5, 0.6) is 0 Å². The summed E-state index contributed by atoms with van der Waals surface area (Å²) in [6, 6.07) is 8.53. The molecular weight excluding hydrogens is 330 g/mol. The second-order valence-electron chi connectivity index (χ2n) is 7.01. The largest absolute Gasteiger partial charge is 0.362 e. The van der Waals surface area contributed by atoms with Gasteiger partial charge in [0.15, 0.2) is 5.11 Å². The van der Waals surface area contributed by atoms with Crippen molar-refractivity contribution < 1.29 is 0 Å². The van der Waals surface area contributed by atoms with Crippen molar-refractivity contribution in [3.63, 3.8) is 0 Å². The Labute approximate surface area is 155 Å². The van der Waals surface area contributed by atoms with Crippen molar-refractivity contribution >= 4 is 17.3 Å². The Morgan fingerprint density at radius 1 is 1.28 bits per heavy atom. The van der Waals surface area contributed by atoms with Crippen molar-refractivity contribution in [2.45, 2.75) is 32.4 Å². The van der Waals surface area contributed by atoms with Crippen LogP contribution in [-0.4, -0.2) is 52.1 Å². The first-order chi connectivity index (χ1) is 12.0. The Hall–Kier alpha value is -1.92. The zero-order valence-corrected chi connectivity index (χ0v) is 16.2. The Bertz CT molecular complexity index is 725. The van der Waals surface area contributed by atoms with E-state index in [0.717, 1.165) is 30.3 Å². The van der Waals surface area contributed by atoms with Crippen molar-refractivity contribution in [2.75, 3.05) is 27.2 Å². The monoisotopic (exact) mass is 357 g/mol. The number of aryl methyl sites for hydroxylation is 2. The highest BCUT2D eigenvalue weighted by Crippen LogP contribution is 2.40. The van der Waals surface area contributed by atoms with E-state index in [1.54, 1.807) is 0 Å². The van der Waals surface area contributed by atoms with Gasteiger partial charge in [-0.15, -0.1) is 0 Å². The van der Waals surface area contributed by atoms with Gasteiger partial charge in [-0.1, -0.05) is 6.07 Å². The van der Waals surface area contributed by atoms with E-state index < -0.39 is 0 Å². The minimum atomic E-state index is 0.0713. The van der Waals surface area contributed by atoms with Gasteiger partial charge >= 0.3 is 0 Å². The fourth-order valence-electron chi connectivity index (χ4n) is 3.59. The molecule has 0 aliphatic carbocycles. The number of nitrogens with one attached hydrogen (secondary N) is 2. The summed E-state index contributed by atoms with van der Waals surface area (Å²) in [5, 5.41) is 4.33. The van der Waals surface area contributed by atoms with Crippen LogP contribution in [0.2, 0.25) is 0 Å². The van der Waals surface area contributed by atoms with Gasteiger partial charge in [0.1, 0.15) is 0 Å². The molecule has 0 aromatic carbocycles. The highest BCUT2D eigenvalue weighted by atomic mass is 32.1. The van der Waals surface area contributed by atoms with E-state index in [0.29, 0.717) is 0 Å². The first kappa shape index (κ1) is 17.9. The number of hydrogen-bond donors (Lipinski definition) is 2. The summed E-state index contributed by atoms with van der Waals surface area (Å²) in [4.78, 5) is 12.6. The summed E-state index contributed by atoms with van der Waals surface area (Å²) in [7, 11) is 4.21. The lowest BCUT2D eigenvalue weighted by molar-refractivity contribution is 0.292. The van der Waals surface area contributed by atoms with E-state index >= 15 is 0 Å². The normalized spacial score (nSPS) is 20.4. The molecule has 2 aromatic heterocycles. The van der Waals surface area contributed by atoms with Gasteiger partial charge in [-0.25, -0.2) is 0 Å². The predicted molar refractivity (Wildman–Crippen MR) is 106 cm³/mol. The summed E-state index contributed by atoms with van der Waals surface area (Å²) >= 11 is 5.69. The molecule has 1 fully saturated rings. The molecule has 25 heavy (non-hydrogen) atoms. The molecule has 3 heterocycles. The van der Waals surface area contributed by atoms with Crippen LogP contribution in [-0.2, 0) is 0 Å². The molecule has 1 aliphatic rings. The van der Waals surface area contributed by atoms with Crippen LogP contribution in [0, 0.1) is 13.8 Å². The average Bonchev–Trinajstić information content (AvgIpc) is 3.07. The first-order valence-corrected chi connectivity index (χ1v) is 9.17. The average molecular weight is 358 g/mol. The molecule has 2 aromatic rings. The summed E-state index contributed by atoms with van der Waals surface area (Å²) < 4.78 is 0. The fourth-order valence-corrected chi connectivity index (χ4v) is 3.93. The number of rotatable bonds is 6. The van der Waals surface area contributed by atoms with Crippen LogP contribution in [0.1, 0.15) is 41.1 Å². The highest BCUT2D eigenvalue weighted by Gasteiger charge is 2.40. The molecule has 2 atom stereocenters. The molecule has 3 rings (SSSR count). The van der Waals surface area contributed by atoms with Gasteiger partial charge in [-0.2, -0.15) is 0 Å². The minimum absolute atomic E-state index is 0.0713. The number of hydrogen-bond acceptors (Lipinski definition) is 3. The Morgan fingerprint density at radius 3 is 2.68 bits per heavy atom. The topological polar surface area (TPSA) is 47.2 Å². The van der Waals surface area contributed by atoms with Gasteiger partial charge in [-0.05, 0) is 76.9 Å². The molecule has 2 unspecified atom stereocenters. The molecule has 0 saturated carbocycles. The first-order valence-electron chi connectivity index (χ1n) is 8.76. The maximum Gasteiger partial charge on any atom is 0.170 e. The Balaban J connectivity index is 1.93. The van der Waals surface area contributed by atoms with Crippen LogP contribution in [0.3, 0.4) is 0 Å². The number of H-pyrrole nitrogens is 1. The van der Waals surface area contributed by atoms with Crippen molar-refractivity contribution in [3.05, 3.63) is 53.1 Å². The van der Waals surface area contributed by atoms with E-state index in [-0.39, 0.29) is 12.1 Å². The number of aromatic amines is 1. The van der Waals surface area contributed by atoms with Gasteiger partial charge in [0, 0.05) is 24.1 Å². The van der Waals surface area contributed by atoms with Crippen molar-refractivity contribution in [1.82, 2.24) is 25.1 Å². The lowest BCUT2D eigenvalue weighted by Crippen LogP contribution is -2.32. The van der Waals surface area contributed by atoms with Crippen molar-refractivity contribution in [1.29, 1.82) is 0 Å². The molecule has 6 heteroatoms. The zero-order chi connectivity index (χ0) is 18.0. The molecule has 0 spiro atoms. The van der Waals surface area contributed by atoms with Crippen LogP contribution in [0.4, 0.5) is 0 Å². The summed E-state index contributed by atoms with van der Waals surface area (Å²) in [6.07, 6.45) is 2.92. The van der Waals surface area contributed by atoms with Gasteiger partial charge in [0.2, 0.25) is 0 Å². The zero-order valence-electron chi connectivity index (χ0n) is 15.4. The second kappa shape index (κ2) is 7.54. The van der Waals surface area contributed by atoms with Crippen LogP contribution >= 0.6 is 12.2 Å². The SMILES string of the molecule is Cc1cc(C2C(c3ccccn3)NC(=S)N2CCCN(C)C)c(C)[nH]1. The van der Waals surface area contributed by atoms with E-state index in [9.17, 15) is 0 Å². The van der Waals surface area contributed by atoms with E-state index in [1.165, 1.54) is 17.0 Å². The Morgan fingerprint density at radius 2 is 2.08 bits per heavy atom. The molecule has 0 amide bonds. The van der Waals surface area contributed by atoms with E-state index in [1.807, 2.05) is 18.3 Å². The second-order valence-corrected chi connectivity index (χ2v) is 7.40. The lowest BCUT2D eigenvalue weighted by atomic mass is 9.96. The van der Waals surface area contributed by atoms with Gasteiger partial charge in [-0.3, -0.25) is 4.98 Å². The van der Waals surface area contributed by atoms with Crippen LogP contribution < -0.4 is 5.32 Å². The maximum atomic E-state index is 5.69. The van der Waals surface area contributed by atoms with E-state index in [4.69, 9.17) is 12.2 Å². The van der Waals surface area contributed by atoms with Crippen LogP contribution in [0.15, 0.2) is 30.5 Å². The van der Waals surface area contributed by atoms with Gasteiger partial charge < -0.3 is 20.1 Å². The predicted octanol–water partition coefficient (Wildman–Crippen LogP) is 2.95. The number of thiocarbonyl (C=S) groups is 1. The van der Waals surface area contributed by atoms with Crippen molar-refractivity contribution in [3.8, 4) is 0 Å². The molecular formula is C19H27N5S. The molecule has 1 saturated heterocycles. The van der Waals surface area contributed by atoms with Gasteiger partial charge in [0.05, 0.1) is 17.8 Å². The Kier molecular flexibility index (Phi) is 5.39. The van der Waals surface area contributed by atoms with Crippen molar-refractivity contribution in [2.24, 2.45) is 0 Å².